The first kappa shape index (κ1) is 13.0. The Morgan fingerprint density at radius 3 is 2.91 bits per heavy atom. The van der Waals surface area contributed by atoms with Crippen LogP contribution in [0.4, 0.5) is 5.69 Å². The van der Waals surface area contributed by atoms with Crippen LogP contribution in [0, 0.1) is 0 Å². The minimum absolute atomic E-state index is 0.0638. The quantitative estimate of drug-likeness (QED) is 0.868. The number of benzene rings is 1. The topological polar surface area (TPSA) is 62.3 Å². The average Bonchev–Trinajstić information content (AvgIpc) is 2.56. The van der Waals surface area contributed by atoms with E-state index in [9.17, 15) is 9.59 Å². The Hall–Kier alpha value is -2.69. The molecule has 4 rings (SSSR count). The standard InChI is InChI=1S/C17H15N3O2/c21-16-14-10-13(4-3-11(14)5-8-19-16)20-9-6-12-2-1-7-18-15(12)17(20)22/h1-4,7,10H,5-6,8-9H2,(H,19,21). The summed E-state index contributed by atoms with van der Waals surface area (Å²) in [4.78, 5) is 30.5. The lowest BCUT2D eigenvalue weighted by molar-refractivity contribution is 0.0942. The SMILES string of the molecule is O=C1NCCc2ccc(N3CCc4cccnc4C3=O)cc21. The molecule has 2 amide bonds. The first-order valence-corrected chi connectivity index (χ1v) is 7.41. The molecule has 22 heavy (non-hydrogen) atoms. The van der Waals surface area contributed by atoms with E-state index in [0.29, 0.717) is 24.3 Å². The zero-order valence-electron chi connectivity index (χ0n) is 12.0. The maximum Gasteiger partial charge on any atom is 0.277 e. The number of nitrogens with zero attached hydrogens (tertiary/aromatic N) is 2. The van der Waals surface area contributed by atoms with Crippen molar-refractivity contribution in [3.63, 3.8) is 0 Å². The van der Waals surface area contributed by atoms with Gasteiger partial charge >= 0.3 is 0 Å². The van der Waals surface area contributed by atoms with Gasteiger partial charge in [-0.2, -0.15) is 0 Å². The molecule has 1 aromatic heterocycles. The lowest BCUT2D eigenvalue weighted by Crippen LogP contribution is -2.39. The minimum Gasteiger partial charge on any atom is -0.352 e. The van der Waals surface area contributed by atoms with Crippen molar-refractivity contribution in [3.05, 3.63) is 58.9 Å². The van der Waals surface area contributed by atoms with Crippen molar-refractivity contribution < 1.29 is 9.59 Å². The second-order valence-corrected chi connectivity index (χ2v) is 5.57. The molecule has 1 aromatic carbocycles. The molecular weight excluding hydrogens is 278 g/mol. The maximum atomic E-state index is 12.6. The summed E-state index contributed by atoms with van der Waals surface area (Å²) in [5.74, 6) is -0.163. The van der Waals surface area contributed by atoms with Crippen molar-refractivity contribution in [2.75, 3.05) is 18.0 Å². The van der Waals surface area contributed by atoms with E-state index in [1.165, 1.54) is 0 Å². The Labute approximate surface area is 128 Å². The highest BCUT2D eigenvalue weighted by molar-refractivity contribution is 6.07. The number of nitrogens with one attached hydrogen (secondary N) is 1. The van der Waals surface area contributed by atoms with Crippen molar-refractivity contribution in [1.29, 1.82) is 0 Å². The molecule has 0 unspecified atom stereocenters. The molecule has 110 valence electrons. The Morgan fingerprint density at radius 1 is 1.09 bits per heavy atom. The number of carbonyl (C=O) groups excluding carboxylic acids is 2. The molecule has 0 spiro atoms. The highest BCUT2D eigenvalue weighted by Gasteiger charge is 2.27. The van der Waals surface area contributed by atoms with Crippen molar-refractivity contribution >= 4 is 17.5 Å². The Morgan fingerprint density at radius 2 is 2.00 bits per heavy atom. The van der Waals surface area contributed by atoms with E-state index >= 15 is 0 Å². The van der Waals surface area contributed by atoms with E-state index in [2.05, 4.69) is 10.3 Å². The minimum atomic E-state index is -0.0991. The fraction of sp³-hybridized carbons (Fsp3) is 0.235. The highest BCUT2D eigenvalue weighted by atomic mass is 16.2. The second-order valence-electron chi connectivity index (χ2n) is 5.57. The highest BCUT2D eigenvalue weighted by Crippen LogP contribution is 2.26. The van der Waals surface area contributed by atoms with Gasteiger partial charge in [0.2, 0.25) is 0 Å². The van der Waals surface area contributed by atoms with Gasteiger partial charge in [0.1, 0.15) is 5.69 Å². The predicted molar refractivity (Wildman–Crippen MR) is 82.1 cm³/mol. The van der Waals surface area contributed by atoms with E-state index < -0.39 is 0 Å². The smallest absolute Gasteiger partial charge is 0.277 e. The third kappa shape index (κ3) is 1.97. The summed E-state index contributed by atoms with van der Waals surface area (Å²) in [6.07, 6.45) is 3.25. The summed E-state index contributed by atoms with van der Waals surface area (Å²) >= 11 is 0. The van der Waals surface area contributed by atoms with Crippen molar-refractivity contribution in [2.24, 2.45) is 0 Å². The van der Waals surface area contributed by atoms with Gasteiger partial charge in [0, 0.05) is 30.5 Å². The number of anilines is 1. The molecule has 1 N–H and O–H groups in total. The largest absolute Gasteiger partial charge is 0.352 e. The zero-order chi connectivity index (χ0) is 15.1. The Kier molecular flexibility index (Phi) is 2.92. The van der Waals surface area contributed by atoms with Crippen LogP contribution in [0.1, 0.15) is 32.0 Å². The number of aromatic nitrogens is 1. The number of pyridine rings is 1. The van der Waals surface area contributed by atoms with Crippen LogP contribution in [0.15, 0.2) is 36.5 Å². The van der Waals surface area contributed by atoms with Crippen molar-refractivity contribution in [3.8, 4) is 0 Å². The maximum absolute atomic E-state index is 12.6. The molecule has 0 fully saturated rings. The average molecular weight is 293 g/mol. The van der Waals surface area contributed by atoms with Crippen LogP contribution in [0.5, 0.6) is 0 Å². The van der Waals surface area contributed by atoms with Gasteiger partial charge in [0.05, 0.1) is 0 Å². The van der Waals surface area contributed by atoms with Gasteiger partial charge in [-0.1, -0.05) is 12.1 Å². The summed E-state index contributed by atoms with van der Waals surface area (Å²) in [7, 11) is 0. The molecule has 0 radical (unpaired) electrons. The number of fused-ring (bicyclic) bond motifs is 2. The lowest BCUT2D eigenvalue weighted by Gasteiger charge is -2.29. The van der Waals surface area contributed by atoms with Gasteiger partial charge in [-0.15, -0.1) is 0 Å². The van der Waals surface area contributed by atoms with Crippen molar-refractivity contribution in [1.82, 2.24) is 10.3 Å². The number of rotatable bonds is 1. The normalized spacial score (nSPS) is 16.8. The van der Waals surface area contributed by atoms with Crippen LogP contribution in [-0.4, -0.2) is 29.9 Å². The van der Waals surface area contributed by atoms with Crippen molar-refractivity contribution in [2.45, 2.75) is 12.8 Å². The van der Waals surface area contributed by atoms with Gasteiger partial charge in [0.25, 0.3) is 11.8 Å². The van der Waals surface area contributed by atoms with E-state index in [1.807, 2.05) is 30.3 Å². The summed E-state index contributed by atoms with van der Waals surface area (Å²) in [6, 6.07) is 9.48. The summed E-state index contributed by atoms with van der Waals surface area (Å²) < 4.78 is 0. The molecule has 0 bridgehead atoms. The van der Waals surface area contributed by atoms with E-state index in [4.69, 9.17) is 0 Å². The molecule has 0 aliphatic carbocycles. The van der Waals surface area contributed by atoms with E-state index in [1.54, 1.807) is 11.1 Å². The van der Waals surface area contributed by atoms with Gasteiger partial charge < -0.3 is 10.2 Å². The summed E-state index contributed by atoms with van der Waals surface area (Å²) in [5, 5.41) is 2.84. The third-order valence-corrected chi connectivity index (χ3v) is 4.27. The first-order chi connectivity index (χ1) is 10.7. The third-order valence-electron chi connectivity index (χ3n) is 4.27. The Balaban J connectivity index is 1.73. The van der Waals surface area contributed by atoms with Crippen LogP contribution < -0.4 is 10.2 Å². The molecule has 3 heterocycles. The van der Waals surface area contributed by atoms with Gasteiger partial charge in [-0.05, 0) is 42.2 Å². The van der Waals surface area contributed by atoms with Gasteiger partial charge in [-0.25, -0.2) is 0 Å². The second kappa shape index (κ2) is 4.94. The monoisotopic (exact) mass is 293 g/mol. The predicted octanol–water partition coefficient (Wildman–Crippen LogP) is 1.57. The van der Waals surface area contributed by atoms with Crippen LogP contribution in [0.3, 0.4) is 0 Å². The zero-order valence-corrected chi connectivity index (χ0v) is 12.0. The molecule has 0 atom stereocenters. The molecular formula is C17H15N3O2. The molecule has 5 heteroatoms. The number of hydrogen-bond donors (Lipinski definition) is 1. The first-order valence-electron chi connectivity index (χ1n) is 7.41. The van der Waals surface area contributed by atoms with Crippen LogP contribution >= 0.6 is 0 Å². The van der Waals surface area contributed by atoms with E-state index in [0.717, 1.165) is 29.7 Å². The number of carbonyl (C=O) groups is 2. The van der Waals surface area contributed by atoms with Gasteiger partial charge in [0.15, 0.2) is 0 Å². The lowest BCUT2D eigenvalue weighted by atomic mass is 9.98. The fourth-order valence-electron chi connectivity index (χ4n) is 3.11. The van der Waals surface area contributed by atoms with Crippen LogP contribution in [-0.2, 0) is 12.8 Å². The number of amides is 2. The molecule has 2 aliphatic rings. The molecule has 5 nitrogen and oxygen atoms in total. The summed E-state index contributed by atoms with van der Waals surface area (Å²) in [6.45, 7) is 1.28. The molecule has 0 saturated heterocycles. The van der Waals surface area contributed by atoms with Crippen LogP contribution in [0.25, 0.3) is 0 Å². The molecule has 0 saturated carbocycles. The molecule has 2 aliphatic heterocycles. The molecule has 2 aromatic rings. The van der Waals surface area contributed by atoms with Crippen LogP contribution in [0.2, 0.25) is 0 Å². The summed E-state index contributed by atoms with van der Waals surface area (Å²) in [5.41, 5.74) is 3.96. The fourth-order valence-corrected chi connectivity index (χ4v) is 3.11. The van der Waals surface area contributed by atoms with E-state index in [-0.39, 0.29) is 11.8 Å². The number of hydrogen-bond acceptors (Lipinski definition) is 3. The Bertz CT molecular complexity index is 785. The van der Waals surface area contributed by atoms with Gasteiger partial charge in [-0.3, -0.25) is 14.6 Å².